The lowest BCUT2D eigenvalue weighted by molar-refractivity contribution is -0.146. The molecule has 1 atom stereocenters. The van der Waals surface area contributed by atoms with E-state index in [1.165, 1.54) is 0 Å². The predicted molar refractivity (Wildman–Crippen MR) is 68.4 cm³/mol. The van der Waals surface area contributed by atoms with E-state index in [1.807, 2.05) is 13.8 Å². The topological polar surface area (TPSA) is 58.6 Å². The van der Waals surface area contributed by atoms with Crippen molar-refractivity contribution in [2.75, 3.05) is 44.3 Å². The van der Waals surface area contributed by atoms with E-state index in [0.717, 1.165) is 19.6 Å². The van der Waals surface area contributed by atoms with Crippen LogP contribution in [-0.2, 0) is 20.3 Å². The highest BCUT2D eigenvalue weighted by atomic mass is 32.2. The number of carbonyl (C=O) groups is 1. The SMILES string of the molecule is CCNC(CN1CCS(=O)CC1)C(=O)OCC. The van der Waals surface area contributed by atoms with Crippen molar-refractivity contribution < 1.29 is 13.7 Å². The van der Waals surface area contributed by atoms with Crippen LogP contribution in [0.15, 0.2) is 0 Å². The smallest absolute Gasteiger partial charge is 0.324 e. The second-order valence-electron chi connectivity index (χ2n) is 4.01. The minimum absolute atomic E-state index is 0.193. The molecule has 1 aliphatic heterocycles. The summed E-state index contributed by atoms with van der Waals surface area (Å²) in [4.78, 5) is 13.9. The van der Waals surface area contributed by atoms with Crippen molar-refractivity contribution in [3.05, 3.63) is 0 Å². The Morgan fingerprint density at radius 3 is 2.59 bits per heavy atom. The van der Waals surface area contributed by atoms with Crippen LogP contribution in [0.5, 0.6) is 0 Å². The lowest BCUT2D eigenvalue weighted by Crippen LogP contribution is -2.50. The molecule has 1 fully saturated rings. The maximum atomic E-state index is 11.7. The molecule has 1 heterocycles. The first kappa shape index (κ1) is 14.6. The van der Waals surface area contributed by atoms with E-state index in [4.69, 9.17) is 4.74 Å². The standard InChI is InChI=1S/C11H22N2O3S/c1-3-12-10(11(14)16-4-2)9-13-5-7-17(15)8-6-13/h10,12H,3-9H2,1-2H3. The summed E-state index contributed by atoms with van der Waals surface area (Å²) in [6, 6.07) is -0.272. The van der Waals surface area contributed by atoms with Crippen LogP contribution in [0.4, 0.5) is 0 Å². The van der Waals surface area contributed by atoms with Gasteiger partial charge in [0.2, 0.25) is 0 Å². The van der Waals surface area contributed by atoms with E-state index in [9.17, 15) is 9.00 Å². The molecule has 1 saturated heterocycles. The van der Waals surface area contributed by atoms with Crippen LogP contribution in [0.25, 0.3) is 0 Å². The molecule has 1 rings (SSSR count). The summed E-state index contributed by atoms with van der Waals surface area (Å²) in [5, 5.41) is 3.13. The molecule has 0 bridgehead atoms. The van der Waals surface area contributed by atoms with Gasteiger partial charge in [-0.2, -0.15) is 0 Å². The second kappa shape index (κ2) is 7.79. The summed E-state index contributed by atoms with van der Waals surface area (Å²) >= 11 is 0. The average molecular weight is 262 g/mol. The van der Waals surface area contributed by atoms with Gasteiger partial charge < -0.3 is 10.1 Å². The van der Waals surface area contributed by atoms with Gasteiger partial charge in [-0.1, -0.05) is 6.92 Å². The molecule has 1 unspecified atom stereocenters. The third-order valence-electron chi connectivity index (χ3n) is 2.73. The molecule has 0 radical (unpaired) electrons. The molecule has 5 nitrogen and oxygen atoms in total. The molecule has 0 aromatic heterocycles. The van der Waals surface area contributed by atoms with Crippen molar-refractivity contribution in [3.8, 4) is 0 Å². The number of carbonyl (C=O) groups excluding carboxylic acids is 1. The first-order chi connectivity index (χ1) is 8.17. The number of likely N-dealkylation sites (N-methyl/N-ethyl adjacent to an activating group) is 1. The van der Waals surface area contributed by atoms with Gasteiger partial charge in [0, 0.05) is 41.9 Å². The van der Waals surface area contributed by atoms with Crippen LogP contribution in [0, 0.1) is 0 Å². The van der Waals surface area contributed by atoms with Gasteiger partial charge in [0.25, 0.3) is 0 Å². The molecule has 1 aliphatic rings. The summed E-state index contributed by atoms with van der Waals surface area (Å²) in [5.74, 6) is 1.23. The average Bonchev–Trinajstić information content (AvgIpc) is 2.31. The molecule has 1 N–H and O–H groups in total. The minimum atomic E-state index is -0.672. The van der Waals surface area contributed by atoms with Gasteiger partial charge in [-0.15, -0.1) is 0 Å². The van der Waals surface area contributed by atoms with Gasteiger partial charge in [-0.3, -0.25) is 13.9 Å². The van der Waals surface area contributed by atoms with E-state index < -0.39 is 10.8 Å². The maximum Gasteiger partial charge on any atom is 0.324 e. The van der Waals surface area contributed by atoms with Crippen LogP contribution in [-0.4, -0.2) is 65.4 Å². The van der Waals surface area contributed by atoms with Crippen LogP contribution in [0.2, 0.25) is 0 Å². The van der Waals surface area contributed by atoms with Crippen molar-refractivity contribution in [1.82, 2.24) is 10.2 Å². The van der Waals surface area contributed by atoms with Crippen LogP contribution >= 0.6 is 0 Å². The summed E-state index contributed by atoms with van der Waals surface area (Å²) in [6.45, 7) is 7.17. The fourth-order valence-electron chi connectivity index (χ4n) is 1.83. The Balaban J connectivity index is 2.42. The second-order valence-corrected chi connectivity index (χ2v) is 5.71. The molecule has 100 valence electrons. The molecular weight excluding hydrogens is 240 g/mol. The molecule has 0 aromatic carbocycles. The first-order valence-corrected chi connectivity index (χ1v) is 7.63. The number of hydrogen-bond donors (Lipinski definition) is 1. The Morgan fingerprint density at radius 1 is 1.41 bits per heavy atom. The Morgan fingerprint density at radius 2 is 2.06 bits per heavy atom. The van der Waals surface area contributed by atoms with Crippen LogP contribution < -0.4 is 5.32 Å². The fraction of sp³-hybridized carbons (Fsp3) is 0.909. The minimum Gasteiger partial charge on any atom is -0.465 e. The maximum absolute atomic E-state index is 11.7. The van der Waals surface area contributed by atoms with Crippen LogP contribution in [0.1, 0.15) is 13.8 Å². The number of ether oxygens (including phenoxy) is 1. The van der Waals surface area contributed by atoms with Crippen molar-refractivity contribution >= 4 is 16.8 Å². The zero-order chi connectivity index (χ0) is 12.7. The summed E-state index contributed by atoms with van der Waals surface area (Å²) in [5.41, 5.74) is 0. The Bertz CT molecular complexity index is 263. The highest BCUT2D eigenvalue weighted by Gasteiger charge is 2.24. The molecule has 0 amide bonds. The molecular formula is C11H22N2O3S. The lowest BCUT2D eigenvalue weighted by atomic mass is 10.2. The van der Waals surface area contributed by atoms with Crippen molar-refractivity contribution in [2.24, 2.45) is 0 Å². The third-order valence-corrected chi connectivity index (χ3v) is 4.01. The summed E-state index contributed by atoms with van der Waals surface area (Å²) in [7, 11) is -0.672. The Labute approximate surface area is 105 Å². The Kier molecular flexibility index (Phi) is 6.69. The number of esters is 1. The van der Waals surface area contributed by atoms with Gasteiger partial charge in [-0.25, -0.2) is 0 Å². The van der Waals surface area contributed by atoms with Crippen molar-refractivity contribution in [1.29, 1.82) is 0 Å². The molecule has 0 aromatic rings. The molecule has 0 aliphatic carbocycles. The zero-order valence-corrected chi connectivity index (χ0v) is 11.4. The van der Waals surface area contributed by atoms with Crippen molar-refractivity contribution in [3.63, 3.8) is 0 Å². The number of hydrogen-bond acceptors (Lipinski definition) is 5. The van der Waals surface area contributed by atoms with Gasteiger partial charge in [-0.05, 0) is 13.5 Å². The molecule has 0 saturated carbocycles. The highest BCUT2D eigenvalue weighted by Crippen LogP contribution is 2.02. The van der Waals surface area contributed by atoms with Crippen LogP contribution in [0.3, 0.4) is 0 Å². The largest absolute Gasteiger partial charge is 0.465 e. The fourth-order valence-corrected chi connectivity index (χ4v) is 2.96. The number of nitrogens with one attached hydrogen (secondary N) is 1. The molecule has 0 spiro atoms. The summed E-state index contributed by atoms with van der Waals surface area (Å²) < 4.78 is 16.3. The van der Waals surface area contributed by atoms with Crippen molar-refractivity contribution in [2.45, 2.75) is 19.9 Å². The van der Waals surface area contributed by atoms with Gasteiger partial charge >= 0.3 is 5.97 Å². The van der Waals surface area contributed by atoms with Gasteiger partial charge in [0.15, 0.2) is 0 Å². The van der Waals surface area contributed by atoms with E-state index in [0.29, 0.717) is 24.7 Å². The summed E-state index contributed by atoms with van der Waals surface area (Å²) in [6.07, 6.45) is 0. The van der Waals surface area contributed by atoms with E-state index >= 15 is 0 Å². The molecule has 6 heteroatoms. The lowest BCUT2D eigenvalue weighted by Gasteiger charge is -2.29. The number of nitrogens with zero attached hydrogens (tertiary/aromatic N) is 1. The van der Waals surface area contributed by atoms with Gasteiger partial charge in [0.1, 0.15) is 6.04 Å². The van der Waals surface area contributed by atoms with Gasteiger partial charge in [0.05, 0.1) is 6.61 Å². The van der Waals surface area contributed by atoms with E-state index in [1.54, 1.807) is 0 Å². The normalized spacial score (nSPS) is 20.1. The monoisotopic (exact) mass is 262 g/mol. The predicted octanol–water partition coefficient (Wildman–Crippen LogP) is -0.408. The van der Waals surface area contributed by atoms with E-state index in [-0.39, 0.29) is 12.0 Å². The zero-order valence-electron chi connectivity index (χ0n) is 10.6. The molecule has 17 heavy (non-hydrogen) atoms. The third kappa shape index (κ3) is 5.14. The Hall–Kier alpha value is -0.460. The quantitative estimate of drug-likeness (QED) is 0.660. The first-order valence-electron chi connectivity index (χ1n) is 6.14. The number of rotatable bonds is 6. The highest BCUT2D eigenvalue weighted by molar-refractivity contribution is 7.85. The van der Waals surface area contributed by atoms with E-state index in [2.05, 4.69) is 10.2 Å².